The molecule has 0 saturated heterocycles. The Bertz CT molecular complexity index is 61.2. The van der Waals surface area contributed by atoms with Crippen molar-refractivity contribution in [1.29, 1.82) is 0 Å². The molecule has 0 rings (SSSR count). The Kier molecular flexibility index (Phi) is 2.43. The molecule has 0 aromatic carbocycles. The number of hydrogen-bond acceptors (Lipinski definition) is 1. The van der Waals surface area contributed by atoms with E-state index in [4.69, 9.17) is 5.11 Å². The largest absolute Gasteiger partial charge is 0.379 e. The molecule has 7 heavy (non-hydrogen) atoms. The van der Waals surface area contributed by atoms with Gasteiger partial charge in [-0.2, -0.15) is 8.78 Å². The van der Waals surface area contributed by atoms with Crippen LogP contribution in [0.25, 0.3) is 0 Å². The Balaban J connectivity index is 3.54. The van der Waals surface area contributed by atoms with E-state index in [-0.39, 0.29) is 0 Å². The summed E-state index contributed by atoms with van der Waals surface area (Å²) in [6.45, 7) is 0. The van der Waals surface area contributed by atoms with Crippen LogP contribution < -0.4 is 0 Å². The maximum Gasteiger partial charge on any atom is 0.379 e. The minimum Gasteiger partial charge on any atom is -0.334 e. The minimum atomic E-state index is -3.82. The van der Waals surface area contributed by atoms with Gasteiger partial charge in [0.25, 0.3) is 0 Å². The number of rotatable bonds is 1. The smallest absolute Gasteiger partial charge is 0.334 e. The molecular weight excluding hydrogens is 193 g/mol. The summed E-state index contributed by atoms with van der Waals surface area (Å²) in [6.07, 6.45) is -3.82. The molecule has 1 atom stereocenters. The van der Waals surface area contributed by atoms with Crippen LogP contribution in [0.4, 0.5) is 8.78 Å². The minimum absolute atomic E-state index is 1.69. The van der Waals surface area contributed by atoms with Crippen molar-refractivity contribution in [2.24, 2.45) is 0 Å². The van der Waals surface area contributed by atoms with Gasteiger partial charge >= 0.3 is 6.11 Å². The second kappa shape index (κ2) is 2.24. The first-order valence-electron chi connectivity index (χ1n) is 1.33. The Morgan fingerprint density at radius 2 is 1.86 bits per heavy atom. The van der Waals surface area contributed by atoms with Crippen LogP contribution in [0.2, 0.25) is 0 Å². The fourth-order valence-electron chi connectivity index (χ4n) is 0. The average Bonchev–Trinajstić information content (AvgIpc) is 1.31. The van der Waals surface area contributed by atoms with Gasteiger partial charge in [-0.1, -0.05) is 15.9 Å². The van der Waals surface area contributed by atoms with Gasteiger partial charge in [0.05, 0.1) is 0 Å². The van der Waals surface area contributed by atoms with E-state index in [1.54, 1.807) is 0 Å². The highest BCUT2D eigenvalue weighted by Crippen LogP contribution is 2.24. The molecule has 0 spiro atoms. The summed E-state index contributed by atoms with van der Waals surface area (Å²) in [5, 5.41) is 7.58. The van der Waals surface area contributed by atoms with Crippen molar-refractivity contribution in [2.45, 2.75) is 10.4 Å². The zero-order chi connectivity index (χ0) is 6.08. The Morgan fingerprint density at radius 1 is 1.71 bits per heavy atom. The number of hydrogen-bond donors (Lipinski definition) is 1. The SMILES string of the molecule is OC(F)(F)C(Cl)Br. The van der Waals surface area contributed by atoms with Gasteiger partial charge in [-0.05, 0) is 0 Å². The molecule has 1 nitrogen and oxygen atoms in total. The molecule has 1 unspecified atom stereocenters. The van der Waals surface area contributed by atoms with Crippen LogP contribution in [-0.2, 0) is 0 Å². The van der Waals surface area contributed by atoms with Crippen molar-refractivity contribution in [3.05, 3.63) is 0 Å². The lowest BCUT2D eigenvalue weighted by molar-refractivity contribution is -0.183. The van der Waals surface area contributed by atoms with E-state index in [0.29, 0.717) is 0 Å². The summed E-state index contributed by atoms with van der Waals surface area (Å²) >= 11 is 6.93. The topological polar surface area (TPSA) is 20.2 Å². The molecule has 44 valence electrons. The van der Waals surface area contributed by atoms with Gasteiger partial charge in [0.15, 0.2) is 4.29 Å². The van der Waals surface area contributed by atoms with E-state index in [1.807, 2.05) is 0 Å². The molecule has 1 N–H and O–H groups in total. The first kappa shape index (κ1) is 7.59. The maximum atomic E-state index is 11.2. The van der Waals surface area contributed by atoms with Gasteiger partial charge in [0.1, 0.15) is 0 Å². The summed E-state index contributed by atoms with van der Waals surface area (Å²) in [5.74, 6) is 0. The van der Waals surface area contributed by atoms with Gasteiger partial charge in [-0.15, -0.1) is 11.6 Å². The lowest BCUT2D eigenvalue weighted by Gasteiger charge is -2.06. The Morgan fingerprint density at radius 3 is 1.86 bits per heavy atom. The maximum absolute atomic E-state index is 11.2. The third-order valence-electron chi connectivity index (χ3n) is 0.263. The van der Waals surface area contributed by atoms with Crippen molar-refractivity contribution >= 4 is 27.5 Å². The summed E-state index contributed by atoms with van der Waals surface area (Å²) in [4.78, 5) is 0. The highest BCUT2D eigenvalue weighted by Gasteiger charge is 2.32. The van der Waals surface area contributed by atoms with Crippen molar-refractivity contribution in [3.63, 3.8) is 0 Å². The van der Waals surface area contributed by atoms with E-state index in [0.717, 1.165) is 0 Å². The van der Waals surface area contributed by atoms with E-state index >= 15 is 0 Å². The molecule has 0 heterocycles. The van der Waals surface area contributed by atoms with Crippen LogP contribution >= 0.6 is 27.5 Å². The Hall–Kier alpha value is 0.590. The molecule has 0 bridgehead atoms. The number of alkyl halides is 4. The molecule has 5 heteroatoms. The third-order valence-corrected chi connectivity index (χ3v) is 1.08. The van der Waals surface area contributed by atoms with Crippen LogP contribution in [0.1, 0.15) is 0 Å². The van der Waals surface area contributed by atoms with E-state index < -0.39 is 10.4 Å². The number of halogens is 4. The zero-order valence-corrected chi connectivity index (χ0v) is 5.38. The average molecular weight is 195 g/mol. The van der Waals surface area contributed by atoms with Gasteiger partial charge in [-0.3, -0.25) is 0 Å². The van der Waals surface area contributed by atoms with Crippen LogP contribution in [0, 0.1) is 0 Å². The molecule has 0 aromatic rings. The lowest BCUT2D eigenvalue weighted by atomic mass is 10.7. The highest BCUT2D eigenvalue weighted by molar-refractivity contribution is 9.10. The molecule has 0 radical (unpaired) electrons. The molecule has 0 aromatic heterocycles. The van der Waals surface area contributed by atoms with E-state index in [9.17, 15) is 8.78 Å². The lowest BCUT2D eigenvalue weighted by Crippen LogP contribution is -2.22. The van der Waals surface area contributed by atoms with Gasteiger partial charge in [-0.25, -0.2) is 0 Å². The van der Waals surface area contributed by atoms with Gasteiger partial charge in [0, 0.05) is 0 Å². The summed E-state index contributed by atoms with van der Waals surface area (Å²) < 4.78 is 20.7. The van der Waals surface area contributed by atoms with Gasteiger partial charge < -0.3 is 5.11 Å². The molecule has 0 fully saturated rings. The fourth-order valence-corrected chi connectivity index (χ4v) is 0. The first-order valence-corrected chi connectivity index (χ1v) is 2.68. The van der Waals surface area contributed by atoms with Crippen LogP contribution in [0.5, 0.6) is 0 Å². The standard InChI is InChI=1S/C2H2BrClF2O/c3-1(4)2(5,6)7/h1,7H. The normalized spacial score (nSPS) is 16.7. The quantitative estimate of drug-likeness (QED) is 0.629. The first-order chi connectivity index (χ1) is 2.94. The fraction of sp³-hybridized carbons (Fsp3) is 1.00. The third kappa shape index (κ3) is 3.20. The second-order valence-electron chi connectivity index (χ2n) is 0.888. The summed E-state index contributed by atoms with van der Waals surface area (Å²) in [7, 11) is 0. The molecular formula is C2H2BrClF2O. The zero-order valence-electron chi connectivity index (χ0n) is 3.04. The van der Waals surface area contributed by atoms with Crippen molar-refractivity contribution < 1.29 is 13.9 Å². The predicted molar refractivity (Wildman–Crippen MR) is 25.7 cm³/mol. The molecule has 0 amide bonds. The summed E-state index contributed by atoms with van der Waals surface area (Å²) in [6, 6.07) is 0. The van der Waals surface area contributed by atoms with E-state index in [2.05, 4.69) is 27.5 Å². The van der Waals surface area contributed by atoms with Crippen molar-refractivity contribution in [2.75, 3.05) is 0 Å². The van der Waals surface area contributed by atoms with Crippen LogP contribution in [-0.4, -0.2) is 15.5 Å². The van der Waals surface area contributed by atoms with Crippen LogP contribution in [0.3, 0.4) is 0 Å². The molecule has 0 saturated carbocycles. The van der Waals surface area contributed by atoms with Gasteiger partial charge in [0.2, 0.25) is 0 Å². The Labute approximate surface area is 52.4 Å². The highest BCUT2D eigenvalue weighted by atomic mass is 79.9. The predicted octanol–water partition coefficient (Wildman–Crippen LogP) is 1.53. The number of aliphatic hydroxyl groups is 1. The molecule has 0 aliphatic heterocycles. The van der Waals surface area contributed by atoms with Crippen LogP contribution in [0.15, 0.2) is 0 Å². The van der Waals surface area contributed by atoms with Crippen molar-refractivity contribution in [3.8, 4) is 0 Å². The van der Waals surface area contributed by atoms with Crippen molar-refractivity contribution in [1.82, 2.24) is 0 Å². The van der Waals surface area contributed by atoms with E-state index in [1.165, 1.54) is 0 Å². The second-order valence-corrected chi connectivity index (χ2v) is 2.77. The summed E-state index contributed by atoms with van der Waals surface area (Å²) in [5.41, 5.74) is 0. The molecule has 0 aliphatic carbocycles. The monoisotopic (exact) mass is 194 g/mol. The molecule has 0 aliphatic rings.